The molecule has 1 rings (SSSR count). The predicted molar refractivity (Wildman–Crippen MR) is 78.1 cm³/mol. The van der Waals surface area contributed by atoms with E-state index in [4.69, 9.17) is 5.73 Å². The highest BCUT2D eigenvalue weighted by Crippen LogP contribution is 2.10. The fourth-order valence-electron chi connectivity index (χ4n) is 1.30. The summed E-state index contributed by atoms with van der Waals surface area (Å²) in [6.07, 6.45) is 0. The second-order valence-corrected chi connectivity index (χ2v) is 4.23. The molecule has 0 radical (unpaired) electrons. The fraction of sp³-hybridized carbons (Fsp3) is 0.385. The van der Waals surface area contributed by atoms with Crippen molar-refractivity contribution in [3.05, 3.63) is 29.8 Å². The standard InChI is InChI=1S/C13H19N3O2.ClH/c1-9(7-14)13(18)16-12-5-3-11(4-6-12)8-15-10(2)17;/h3-6,9H,7-8,14H2,1-2H3,(H,15,17)(H,16,18);1H. The van der Waals surface area contributed by atoms with Gasteiger partial charge in [-0.15, -0.1) is 12.4 Å². The molecule has 6 heteroatoms. The summed E-state index contributed by atoms with van der Waals surface area (Å²) < 4.78 is 0. The lowest BCUT2D eigenvalue weighted by atomic mass is 10.1. The second-order valence-electron chi connectivity index (χ2n) is 4.23. The molecule has 1 aromatic rings. The number of rotatable bonds is 5. The SMILES string of the molecule is CC(=O)NCc1ccc(NC(=O)C(C)CN)cc1.Cl. The monoisotopic (exact) mass is 285 g/mol. The van der Waals surface area contributed by atoms with Crippen LogP contribution in [0.2, 0.25) is 0 Å². The Kier molecular flexibility index (Phi) is 7.79. The van der Waals surface area contributed by atoms with Crippen LogP contribution in [0.5, 0.6) is 0 Å². The minimum atomic E-state index is -0.205. The zero-order chi connectivity index (χ0) is 13.5. The highest BCUT2D eigenvalue weighted by molar-refractivity contribution is 5.92. The normalized spacial score (nSPS) is 11.1. The molecular formula is C13H20ClN3O2. The molecule has 0 bridgehead atoms. The van der Waals surface area contributed by atoms with Gasteiger partial charge in [0.1, 0.15) is 0 Å². The van der Waals surface area contributed by atoms with Gasteiger partial charge in [-0.3, -0.25) is 9.59 Å². The number of nitrogens with one attached hydrogen (secondary N) is 2. The third kappa shape index (κ3) is 6.22. The van der Waals surface area contributed by atoms with Crippen molar-refractivity contribution in [2.24, 2.45) is 11.7 Å². The summed E-state index contributed by atoms with van der Waals surface area (Å²) in [5, 5.41) is 5.49. The number of halogens is 1. The van der Waals surface area contributed by atoms with E-state index in [1.807, 2.05) is 12.1 Å². The van der Waals surface area contributed by atoms with Gasteiger partial charge in [0.25, 0.3) is 0 Å². The van der Waals surface area contributed by atoms with Crippen LogP contribution in [0.4, 0.5) is 5.69 Å². The summed E-state index contributed by atoms with van der Waals surface area (Å²) >= 11 is 0. The Morgan fingerprint density at radius 1 is 1.26 bits per heavy atom. The first-order valence-electron chi connectivity index (χ1n) is 5.87. The zero-order valence-electron chi connectivity index (χ0n) is 11.1. The van der Waals surface area contributed by atoms with E-state index in [0.29, 0.717) is 13.1 Å². The van der Waals surface area contributed by atoms with Crippen LogP contribution in [-0.2, 0) is 16.1 Å². The molecule has 0 saturated carbocycles. The Morgan fingerprint density at radius 3 is 2.32 bits per heavy atom. The molecule has 5 nitrogen and oxygen atoms in total. The van der Waals surface area contributed by atoms with Crippen LogP contribution in [0.1, 0.15) is 19.4 Å². The maximum atomic E-state index is 11.6. The van der Waals surface area contributed by atoms with Crippen LogP contribution in [-0.4, -0.2) is 18.4 Å². The molecule has 1 atom stereocenters. The summed E-state index contributed by atoms with van der Waals surface area (Å²) in [5.41, 5.74) is 7.13. The van der Waals surface area contributed by atoms with Crippen LogP contribution >= 0.6 is 12.4 Å². The van der Waals surface area contributed by atoms with Crippen LogP contribution in [0, 0.1) is 5.92 Å². The molecule has 0 aliphatic rings. The van der Waals surface area contributed by atoms with E-state index in [9.17, 15) is 9.59 Å². The molecule has 0 spiro atoms. The van der Waals surface area contributed by atoms with Crippen LogP contribution in [0.3, 0.4) is 0 Å². The summed E-state index contributed by atoms with van der Waals surface area (Å²) in [6.45, 7) is 4.07. The average molecular weight is 286 g/mol. The molecule has 0 aromatic heterocycles. The Morgan fingerprint density at radius 2 is 1.84 bits per heavy atom. The molecule has 0 aliphatic carbocycles. The van der Waals surface area contributed by atoms with Gasteiger partial charge >= 0.3 is 0 Å². The molecule has 0 fully saturated rings. The number of hydrogen-bond acceptors (Lipinski definition) is 3. The molecule has 19 heavy (non-hydrogen) atoms. The minimum absolute atomic E-state index is 0. The van der Waals surface area contributed by atoms with E-state index in [2.05, 4.69) is 10.6 Å². The number of hydrogen-bond donors (Lipinski definition) is 3. The minimum Gasteiger partial charge on any atom is -0.352 e. The first kappa shape index (κ1) is 17.4. The van der Waals surface area contributed by atoms with Crippen LogP contribution < -0.4 is 16.4 Å². The van der Waals surface area contributed by atoms with Crippen molar-refractivity contribution in [2.75, 3.05) is 11.9 Å². The van der Waals surface area contributed by atoms with Gasteiger partial charge in [-0.05, 0) is 17.7 Å². The molecular weight excluding hydrogens is 266 g/mol. The van der Waals surface area contributed by atoms with Gasteiger partial charge in [0, 0.05) is 31.6 Å². The molecule has 1 aromatic carbocycles. The summed E-state index contributed by atoms with van der Waals surface area (Å²) in [6, 6.07) is 7.33. The first-order valence-corrected chi connectivity index (χ1v) is 5.87. The molecule has 106 valence electrons. The Bertz CT molecular complexity index is 420. The van der Waals surface area contributed by atoms with Crippen molar-refractivity contribution in [1.82, 2.24) is 5.32 Å². The van der Waals surface area contributed by atoms with Crippen LogP contribution in [0.15, 0.2) is 24.3 Å². The topological polar surface area (TPSA) is 84.2 Å². The third-order valence-electron chi connectivity index (χ3n) is 2.56. The zero-order valence-corrected chi connectivity index (χ0v) is 11.9. The van der Waals surface area contributed by atoms with Crippen molar-refractivity contribution >= 4 is 29.9 Å². The molecule has 4 N–H and O–H groups in total. The van der Waals surface area contributed by atoms with Gasteiger partial charge in [-0.1, -0.05) is 19.1 Å². The second kappa shape index (κ2) is 8.50. The third-order valence-corrected chi connectivity index (χ3v) is 2.56. The summed E-state index contributed by atoms with van der Waals surface area (Å²) in [5.74, 6) is -0.361. The van der Waals surface area contributed by atoms with Gasteiger partial charge in [0.05, 0.1) is 0 Å². The highest BCUT2D eigenvalue weighted by Gasteiger charge is 2.10. The smallest absolute Gasteiger partial charge is 0.228 e. The van der Waals surface area contributed by atoms with E-state index in [1.54, 1.807) is 19.1 Å². The maximum Gasteiger partial charge on any atom is 0.228 e. The lowest BCUT2D eigenvalue weighted by Crippen LogP contribution is -2.26. The van der Waals surface area contributed by atoms with Crippen molar-refractivity contribution in [2.45, 2.75) is 20.4 Å². The summed E-state index contributed by atoms with van der Waals surface area (Å²) in [4.78, 5) is 22.4. The lowest BCUT2D eigenvalue weighted by Gasteiger charge is -2.10. The quantitative estimate of drug-likeness (QED) is 0.762. The highest BCUT2D eigenvalue weighted by atomic mass is 35.5. The molecule has 1 unspecified atom stereocenters. The Labute approximate surface area is 119 Å². The van der Waals surface area contributed by atoms with Gasteiger partial charge in [0.15, 0.2) is 0 Å². The predicted octanol–water partition coefficient (Wildman–Crippen LogP) is 1.28. The molecule has 0 aliphatic heterocycles. The number of anilines is 1. The number of nitrogens with two attached hydrogens (primary N) is 1. The Hall–Kier alpha value is -1.59. The van der Waals surface area contributed by atoms with E-state index in [1.165, 1.54) is 6.92 Å². The van der Waals surface area contributed by atoms with Crippen molar-refractivity contribution in [3.63, 3.8) is 0 Å². The number of carbonyl (C=O) groups is 2. The van der Waals surface area contributed by atoms with E-state index in [-0.39, 0.29) is 30.1 Å². The van der Waals surface area contributed by atoms with E-state index >= 15 is 0 Å². The van der Waals surface area contributed by atoms with Crippen molar-refractivity contribution < 1.29 is 9.59 Å². The van der Waals surface area contributed by atoms with Crippen molar-refractivity contribution in [3.8, 4) is 0 Å². The van der Waals surface area contributed by atoms with Gasteiger partial charge < -0.3 is 16.4 Å². The molecule has 0 heterocycles. The fourth-order valence-corrected chi connectivity index (χ4v) is 1.30. The number of amides is 2. The number of carbonyl (C=O) groups excluding carboxylic acids is 2. The van der Waals surface area contributed by atoms with Crippen LogP contribution in [0.25, 0.3) is 0 Å². The summed E-state index contributed by atoms with van der Waals surface area (Å²) in [7, 11) is 0. The van der Waals surface area contributed by atoms with Crippen molar-refractivity contribution in [1.29, 1.82) is 0 Å². The lowest BCUT2D eigenvalue weighted by molar-refractivity contribution is -0.119. The van der Waals surface area contributed by atoms with E-state index < -0.39 is 0 Å². The molecule has 2 amide bonds. The Balaban J connectivity index is 0.00000324. The van der Waals surface area contributed by atoms with E-state index in [0.717, 1.165) is 11.3 Å². The largest absolute Gasteiger partial charge is 0.352 e. The van der Waals surface area contributed by atoms with Gasteiger partial charge in [-0.25, -0.2) is 0 Å². The first-order chi connectivity index (χ1) is 8.52. The molecule has 0 saturated heterocycles. The van der Waals surface area contributed by atoms with Gasteiger partial charge in [-0.2, -0.15) is 0 Å². The maximum absolute atomic E-state index is 11.6. The number of benzene rings is 1. The van der Waals surface area contributed by atoms with Gasteiger partial charge in [0.2, 0.25) is 11.8 Å². The average Bonchev–Trinajstić information content (AvgIpc) is 2.36.